The molecular weight excluding hydrogens is 450 g/mol. The predicted octanol–water partition coefficient (Wildman–Crippen LogP) is 6.11. The molecular formula is C30H41N3O3. The topological polar surface area (TPSA) is 88.1 Å². The maximum absolute atomic E-state index is 13.6. The monoisotopic (exact) mass is 491 g/mol. The van der Waals surface area contributed by atoms with Gasteiger partial charge in [0.2, 0.25) is 5.62 Å². The van der Waals surface area contributed by atoms with Gasteiger partial charge in [-0.25, -0.2) is 0 Å². The fourth-order valence-corrected chi connectivity index (χ4v) is 4.82. The maximum atomic E-state index is 13.6. The number of ketones is 2. The number of aromatic nitrogens is 2. The van der Waals surface area contributed by atoms with Crippen molar-refractivity contribution >= 4 is 22.6 Å². The quantitative estimate of drug-likeness (QED) is 0.373. The molecule has 6 heteroatoms. The van der Waals surface area contributed by atoms with Gasteiger partial charge in [-0.05, 0) is 47.9 Å². The lowest BCUT2D eigenvalue weighted by molar-refractivity contribution is -0.123. The fourth-order valence-electron chi connectivity index (χ4n) is 4.82. The molecule has 0 unspecified atom stereocenters. The predicted molar refractivity (Wildman–Crippen MR) is 145 cm³/mol. The zero-order valence-electron chi connectivity index (χ0n) is 23.0. The summed E-state index contributed by atoms with van der Waals surface area (Å²) in [7, 11) is 0. The standard InChI is InChI=1S/C30H41N3O3/c1-9-19(10-2)25(34)17-32-23-13-11-12-14-24(23)33(28(32)31)18-26(35)20-15-21(29(3,4)5)27(36)22(16-20)30(6,7)8/h11-16,19,31,36H,9-10,17-18H2,1-8H3. The van der Waals surface area contributed by atoms with Crippen LogP contribution in [0.2, 0.25) is 0 Å². The summed E-state index contributed by atoms with van der Waals surface area (Å²) in [6.07, 6.45) is 1.54. The average Bonchev–Trinajstić information content (AvgIpc) is 3.04. The molecule has 0 aliphatic rings. The van der Waals surface area contributed by atoms with Gasteiger partial charge in [-0.3, -0.25) is 15.0 Å². The fraction of sp³-hybridized carbons (Fsp3) is 0.500. The van der Waals surface area contributed by atoms with Crippen LogP contribution in [0.3, 0.4) is 0 Å². The van der Waals surface area contributed by atoms with Gasteiger partial charge in [0.1, 0.15) is 5.75 Å². The lowest BCUT2D eigenvalue weighted by Crippen LogP contribution is -2.31. The zero-order chi connectivity index (χ0) is 27.0. The first-order valence-electron chi connectivity index (χ1n) is 12.9. The van der Waals surface area contributed by atoms with E-state index in [-0.39, 0.29) is 52.8 Å². The molecule has 0 saturated carbocycles. The second kappa shape index (κ2) is 10.1. The van der Waals surface area contributed by atoms with Gasteiger partial charge >= 0.3 is 0 Å². The molecule has 1 heterocycles. The number of carbonyl (C=O) groups is 2. The van der Waals surface area contributed by atoms with Gasteiger partial charge in [-0.2, -0.15) is 0 Å². The van der Waals surface area contributed by atoms with Gasteiger partial charge in [0.15, 0.2) is 11.6 Å². The average molecular weight is 492 g/mol. The third-order valence-electron chi connectivity index (χ3n) is 7.08. The molecule has 3 rings (SSSR count). The number of hydrogen-bond acceptors (Lipinski definition) is 4. The molecule has 0 saturated heterocycles. The van der Waals surface area contributed by atoms with Crippen molar-refractivity contribution in [3.05, 3.63) is 58.7 Å². The third kappa shape index (κ3) is 5.32. The summed E-state index contributed by atoms with van der Waals surface area (Å²) in [5.41, 5.74) is 2.93. The molecule has 0 amide bonds. The SMILES string of the molecule is CCC(CC)C(=O)Cn1c(=N)n(CC(=O)c2cc(C(C)(C)C)c(O)c(C(C)(C)C)c2)c2ccccc21. The van der Waals surface area contributed by atoms with E-state index in [0.717, 1.165) is 35.0 Å². The largest absolute Gasteiger partial charge is 0.507 e. The number of benzene rings is 2. The minimum absolute atomic E-state index is 0.0243. The van der Waals surface area contributed by atoms with E-state index < -0.39 is 0 Å². The Bertz CT molecular complexity index is 1310. The number of carbonyl (C=O) groups excluding carboxylic acids is 2. The van der Waals surface area contributed by atoms with E-state index >= 15 is 0 Å². The van der Waals surface area contributed by atoms with Crippen molar-refractivity contribution in [2.24, 2.45) is 5.92 Å². The Morgan fingerprint density at radius 1 is 0.861 bits per heavy atom. The van der Waals surface area contributed by atoms with Crippen molar-refractivity contribution in [3.63, 3.8) is 0 Å². The number of hydrogen-bond donors (Lipinski definition) is 2. The van der Waals surface area contributed by atoms with Crippen molar-refractivity contribution in [2.45, 2.75) is 92.2 Å². The zero-order valence-corrected chi connectivity index (χ0v) is 23.0. The summed E-state index contributed by atoms with van der Waals surface area (Å²) in [5, 5.41) is 19.9. The van der Waals surface area contributed by atoms with E-state index in [2.05, 4.69) is 0 Å². The van der Waals surface area contributed by atoms with Gasteiger partial charge in [-0.1, -0.05) is 67.5 Å². The smallest absolute Gasteiger partial charge is 0.203 e. The second-order valence-electron chi connectivity index (χ2n) is 11.8. The van der Waals surface area contributed by atoms with E-state index in [4.69, 9.17) is 5.41 Å². The Balaban J connectivity index is 2.10. The number of imidazole rings is 1. The summed E-state index contributed by atoms with van der Waals surface area (Å²) in [5.74, 6) is 0.163. The Morgan fingerprint density at radius 2 is 1.31 bits per heavy atom. The highest BCUT2D eigenvalue weighted by Crippen LogP contribution is 2.40. The van der Waals surface area contributed by atoms with Crippen LogP contribution in [-0.4, -0.2) is 25.8 Å². The summed E-state index contributed by atoms with van der Waals surface area (Å²) < 4.78 is 3.39. The molecule has 6 nitrogen and oxygen atoms in total. The lowest BCUT2D eigenvalue weighted by atomic mass is 9.78. The van der Waals surface area contributed by atoms with Crippen LogP contribution in [0, 0.1) is 11.3 Å². The van der Waals surface area contributed by atoms with Crippen LogP contribution in [0.1, 0.15) is 89.7 Å². The van der Waals surface area contributed by atoms with Crippen molar-refractivity contribution in [1.29, 1.82) is 5.41 Å². The van der Waals surface area contributed by atoms with Crippen LogP contribution in [0.25, 0.3) is 11.0 Å². The molecule has 0 spiro atoms. The second-order valence-corrected chi connectivity index (χ2v) is 11.8. The number of phenols is 1. The summed E-state index contributed by atoms with van der Waals surface area (Å²) in [6.45, 7) is 16.2. The van der Waals surface area contributed by atoms with Crippen molar-refractivity contribution < 1.29 is 14.7 Å². The number of phenolic OH excluding ortho intramolecular Hbond substituents is 1. The minimum Gasteiger partial charge on any atom is -0.507 e. The molecule has 3 aromatic rings. The highest BCUT2D eigenvalue weighted by Gasteiger charge is 2.28. The molecule has 36 heavy (non-hydrogen) atoms. The van der Waals surface area contributed by atoms with Crippen LogP contribution in [0.15, 0.2) is 36.4 Å². The van der Waals surface area contributed by atoms with Crippen LogP contribution in [0.5, 0.6) is 5.75 Å². The van der Waals surface area contributed by atoms with Gasteiger partial charge in [0, 0.05) is 22.6 Å². The van der Waals surface area contributed by atoms with Crippen LogP contribution >= 0.6 is 0 Å². The molecule has 1 aromatic heterocycles. The molecule has 2 N–H and O–H groups in total. The number of nitrogens with one attached hydrogen (secondary N) is 1. The Hall–Kier alpha value is -3.15. The first kappa shape index (κ1) is 27.4. The summed E-state index contributed by atoms with van der Waals surface area (Å²) in [6, 6.07) is 11.1. The van der Waals surface area contributed by atoms with E-state index in [9.17, 15) is 14.7 Å². The lowest BCUT2D eigenvalue weighted by Gasteiger charge is -2.28. The molecule has 2 aromatic carbocycles. The van der Waals surface area contributed by atoms with Gasteiger partial charge in [-0.15, -0.1) is 0 Å². The number of fused-ring (bicyclic) bond motifs is 1. The number of para-hydroxylation sites is 2. The Morgan fingerprint density at radius 3 is 1.72 bits per heavy atom. The highest BCUT2D eigenvalue weighted by molar-refractivity contribution is 5.97. The van der Waals surface area contributed by atoms with E-state index in [0.29, 0.717) is 5.56 Å². The maximum Gasteiger partial charge on any atom is 0.203 e. The van der Waals surface area contributed by atoms with Crippen LogP contribution in [0.4, 0.5) is 0 Å². The van der Waals surface area contributed by atoms with Crippen molar-refractivity contribution in [2.75, 3.05) is 0 Å². The normalized spacial score (nSPS) is 12.5. The van der Waals surface area contributed by atoms with E-state index in [1.807, 2.05) is 79.7 Å². The van der Waals surface area contributed by atoms with Gasteiger partial charge in [0.05, 0.1) is 24.1 Å². The number of rotatable bonds is 8. The number of Topliss-reactive ketones (excluding diaryl/α,β-unsaturated/α-hetero) is 2. The minimum atomic E-state index is -0.348. The molecule has 0 aliphatic heterocycles. The molecule has 0 fully saturated rings. The first-order valence-corrected chi connectivity index (χ1v) is 12.9. The molecule has 0 radical (unpaired) electrons. The molecule has 0 bridgehead atoms. The first-order chi connectivity index (χ1) is 16.7. The number of nitrogens with zero attached hydrogens (tertiary/aromatic N) is 2. The van der Waals surface area contributed by atoms with E-state index in [1.165, 1.54) is 0 Å². The third-order valence-corrected chi connectivity index (χ3v) is 7.08. The summed E-state index contributed by atoms with van der Waals surface area (Å²) in [4.78, 5) is 26.6. The Labute approximate surface area is 214 Å². The van der Waals surface area contributed by atoms with E-state index in [1.54, 1.807) is 21.3 Å². The Kier molecular flexibility index (Phi) is 7.68. The van der Waals surface area contributed by atoms with Gasteiger partial charge < -0.3 is 14.2 Å². The summed E-state index contributed by atoms with van der Waals surface area (Å²) >= 11 is 0. The van der Waals surface area contributed by atoms with Gasteiger partial charge in [0.25, 0.3) is 0 Å². The number of aromatic hydroxyl groups is 1. The highest BCUT2D eigenvalue weighted by atomic mass is 16.3. The van der Waals surface area contributed by atoms with Crippen LogP contribution in [-0.2, 0) is 28.7 Å². The molecule has 194 valence electrons. The molecule has 0 atom stereocenters. The van der Waals surface area contributed by atoms with Crippen LogP contribution < -0.4 is 5.62 Å². The molecule has 0 aliphatic carbocycles. The van der Waals surface area contributed by atoms with Crippen molar-refractivity contribution in [1.82, 2.24) is 9.13 Å². The van der Waals surface area contributed by atoms with Crippen molar-refractivity contribution in [3.8, 4) is 5.75 Å².